The number of nitrogens with zero attached hydrogens (tertiary/aromatic N) is 3. The van der Waals surface area contributed by atoms with E-state index in [4.69, 9.17) is 9.47 Å². The van der Waals surface area contributed by atoms with E-state index in [0.717, 1.165) is 41.9 Å². The Labute approximate surface area is 134 Å². The Balaban J connectivity index is 1.89. The molecule has 0 spiro atoms. The Hall–Kier alpha value is -1.79. The molecule has 3 rings (SSSR count). The highest BCUT2D eigenvalue weighted by atomic mass is 32.2. The number of ether oxygens (including phenoxy) is 2. The maximum atomic E-state index is 5.43. The van der Waals surface area contributed by atoms with Crippen LogP contribution in [0, 0.1) is 0 Å². The van der Waals surface area contributed by atoms with Crippen molar-refractivity contribution in [3.05, 3.63) is 36.9 Å². The molecule has 0 saturated carbocycles. The minimum absolute atomic E-state index is 0.455. The van der Waals surface area contributed by atoms with Gasteiger partial charge in [0, 0.05) is 24.0 Å². The summed E-state index contributed by atoms with van der Waals surface area (Å²) >= 11 is 1.73. The molecular weight excluding hydrogens is 298 g/mol. The first kappa shape index (κ1) is 15.1. The van der Waals surface area contributed by atoms with E-state index < -0.39 is 0 Å². The highest BCUT2D eigenvalue weighted by Gasteiger charge is 2.21. The zero-order valence-corrected chi connectivity index (χ0v) is 13.4. The van der Waals surface area contributed by atoms with Gasteiger partial charge in [-0.2, -0.15) is 0 Å². The fourth-order valence-electron chi connectivity index (χ4n) is 2.38. The molecular formula is C16H19N3O2S. The zero-order valence-electron chi connectivity index (χ0n) is 12.6. The molecule has 116 valence electrons. The van der Waals surface area contributed by atoms with Crippen LogP contribution in [0.15, 0.2) is 42.1 Å². The normalized spacial score (nSPS) is 17.6. The lowest BCUT2D eigenvalue weighted by Crippen LogP contribution is -2.06. The van der Waals surface area contributed by atoms with Gasteiger partial charge in [0.05, 0.1) is 13.7 Å². The zero-order chi connectivity index (χ0) is 15.4. The van der Waals surface area contributed by atoms with Crippen LogP contribution in [0.3, 0.4) is 0 Å². The van der Waals surface area contributed by atoms with E-state index in [1.165, 1.54) is 0 Å². The fraction of sp³-hybridized carbons (Fsp3) is 0.375. The third-order valence-corrected chi connectivity index (χ3v) is 4.75. The van der Waals surface area contributed by atoms with Gasteiger partial charge in [0.25, 0.3) is 0 Å². The number of benzene rings is 1. The third kappa shape index (κ3) is 3.18. The largest absolute Gasteiger partial charge is 0.497 e. The minimum atomic E-state index is 0.455. The average Bonchev–Trinajstić information content (AvgIpc) is 3.19. The van der Waals surface area contributed by atoms with E-state index in [1.807, 2.05) is 30.3 Å². The molecule has 0 bridgehead atoms. The molecule has 0 amide bonds. The SMILES string of the molecule is C=CCn1c(S[C@@H]2CCOC2)nnc1-c1ccc(OC)cc1. The van der Waals surface area contributed by atoms with Crippen molar-refractivity contribution in [3.63, 3.8) is 0 Å². The Morgan fingerprint density at radius 2 is 2.23 bits per heavy atom. The standard InChI is InChI=1S/C16H19N3O2S/c1-3-9-19-15(12-4-6-13(20-2)7-5-12)17-18-16(19)22-14-8-10-21-11-14/h3-7,14H,1,8-11H2,2H3/t14-/m1/s1. The lowest BCUT2D eigenvalue weighted by molar-refractivity contribution is 0.199. The van der Waals surface area contributed by atoms with Gasteiger partial charge in [0.2, 0.25) is 0 Å². The van der Waals surface area contributed by atoms with Crippen molar-refractivity contribution < 1.29 is 9.47 Å². The van der Waals surface area contributed by atoms with Crippen molar-refractivity contribution >= 4 is 11.8 Å². The molecule has 1 aromatic heterocycles. The van der Waals surface area contributed by atoms with Crippen LogP contribution in [-0.4, -0.2) is 40.3 Å². The molecule has 5 nitrogen and oxygen atoms in total. The number of thioether (sulfide) groups is 1. The summed E-state index contributed by atoms with van der Waals surface area (Å²) in [5.74, 6) is 1.68. The van der Waals surface area contributed by atoms with E-state index in [-0.39, 0.29) is 0 Å². The van der Waals surface area contributed by atoms with Crippen molar-refractivity contribution in [2.24, 2.45) is 0 Å². The molecule has 1 aliphatic heterocycles. The van der Waals surface area contributed by atoms with Gasteiger partial charge in [-0.3, -0.25) is 4.57 Å². The molecule has 22 heavy (non-hydrogen) atoms. The van der Waals surface area contributed by atoms with Crippen molar-refractivity contribution in [1.29, 1.82) is 0 Å². The van der Waals surface area contributed by atoms with Crippen LogP contribution in [0.5, 0.6) is 5.75 Å². The Morgan fingerprint density at radius 1 is 1.41 bits per heavy atom. The van der Waals surface area contributed by atoms with Gasteiger partial charge in [-0.05, 0) is 30.7 Å². The summed E-state index contributed by atoms with van der Waals surface area (Å²) in [6, 6.07) is 7.85. The molecule has 1 aliphatic rings. The number of hydrogen-bond acceptors (Lipinski definition) is 5. The highest BCUT2D eigenvalue weighted by molar-refractivity contribution is 7.99. The first-order chi connectivity index (χ1) is 10.8. The van der Waals surface area contributed by atoms with Crippen LogP contribution in [-0.2, 0) is 11.3 Å². The fourth-order valence-corrected chi connectivity index (χ4v) is 3.43. The van der Waals surface area contributed by atoms with Crippen LogP contribution in [0.1, 0.15) is 6.42 Å². The Kier molecular flexibility index (Phi) is 4.80. The summed E-state index contributed by atoms with van der Waals surface area (Å²) in [6.07, 6.45) is 2.93. The van der Waals surface area contributed by atoms with Crippen molar-refractivity contribution in [2.45, 2.75) is 23.4 Å². The second kappa shape index (κ2) is 6.98. The molecule has 0 aliphatic carbocycles. The van der Waals surface area contributed by atoms with Crippen molar-refractivity contribution in [1.82, 2.24) is 14.8 Å². The number of aromatic nitrogens is 3. The molecule has 1 saturated heterocycles. The number of allylic oxidation sites excluding steroid dienone is 1. The molecule has 2 heterocycles. The summed E-state index contributed by atoms with van der Waals surface area (Å²) in [6.45, 7) is 6.14. The van der Waals surface area contributed by atoms with Gasteiger partial charge < -0.3 is 9.47 Å². The van der Waals surface area contributed by atoms with Gasteiger partial charge >= 0.3 is 0 Å². The van der Waals surface area contributed by atoms with E-state index in [1.54, 1.807) is 18.9 Å². The monoisotopic (exact) mass is 317 g/mol. The molecule has 2 aromatic rings. The predicted molar refractivity (Wildman–Crippen MR) is 87.3 cm³/mol. The van der Waals surface area contributed by atoms with Gasteiger partial charge in [0.15, 0.2) is 11.0 Å². The summed E-state index contributed by atoms with van der Waals surface area (Å²) in [5, 5.41) is 10.1. The molecule has 0 N–H and O–H groups in total. The van der Waals surface area contributed by atoms with Gasteiger partial charge in [0.1, 0.15) is 5.75 Å². The topological polar surface area (TPSA) is 49.2 Å². The van der Waals surface area contributed by atoms with Crippen LogP contribution in [0.2, 0.25) is 0 Å². The average molecular weight is 317 g/mol. The molecule has 1 aromatic carbocycles. The summed E-state index contributed by atoms with van der Waals surface area (Å²) in [7, 11) is 1.66. The van der Waals surface area contributed by atoms with Crippen LogP contribution in [0.4, 0.5) is 0 Å². The first-order valence-electron chi connectivity index (χ1n) is 7.24. The summed E-state index contributed by atoms with van der Waals surface area (Å²) in [5.41, 5.74) is 1.02. The highest BCUT2D eigenvalue weighted by Crippen LogP contribution is 2.30. The molecule has 0 unspecified atom stereocenters. The van der Waals surface area contributed by atoms with Crippen LogP contribution < -0.4 is 4.74 Å². The van der Waals surface area contributed by atoms with Crippen molar-refractivity contribution in [2.75, 3.05) is 20.3 Å². The van der Waals surface area contributed by atoms with Gasteiger partial charge in [-0.1, -0.05) is 17.8 Å². The summed E-state index contributed by atoms with van der Waals surface area (Å²) in [4.78, 5) is 0. The van der Waals surface area contributed by atoms with Crippen molar-refractivity contribution in [3.8, 4) is 17.1 Å². The Morgan fingerprint density at radius 3 is 2.86 bits per heavy atom. The Bertz CT molecular complexity index is 633. The lowest BCUT2D eigenvalue weighted by atomic mass is 10.2. The maximum absolute atomic E-state index is 5.43. The van der Waals surface area contributed by atoms with Gasteiger partial charge in [-0.25, -0.2) is 0 Å². The van der Waals surface area contributed by atoms with E-state index in [2.05, 4.69) is 21.3 Å². The molecule has 1 atom stereocenters. The summed E-state index contributed by atoms with van der Waals surface area (Å²) < 4.78 is 12.7. The minimum Gasteiger partial charge on any atom is -0.497 e. The number of methoxy groups -OCH3 is 1. The predicted octanol–water partition coefficient (Wildman–Crippen LogP) is 3.02. The van der Waals surface area contributed by atoms with E-state index >= 15 is 0 Å². The second-order valence-corrected chi connectivity index (χ2v) is 6.30. The first-order valence-corrected chi connectivity index (χ1v) is 8.12. The van der Waals surface area contributed by atoms with Gasteiger partial charge in [-0.15, -0.1) is 16.8 Å². The smallest absolute Gasteiger partial charge is 0.192 e. The number of hydrogen-bond donors (Lipinski definition) is 0. The van der Waals surface area contributed by atoms with Crippen LogP contribution in [0.25, 0.3) is 11.4 Å². The third-order valence-electron chi connectivity index (χ3n) is 3.54. The molecule has 1 fully saturated rings. The quantitative estimate of drug-likeness (QED) is 0.767. The lowest BCUT2D eigenvalue weighted by Gasteiger charge is -2.10. The number of rotatable bonds is 6. The van der Waals surface area contributed by atoms with E-state index in [0.29, 0.717) is 11.8 Å². The second-order valence-electron chi connectivity index (χ2n) is 5.04. The molecule has 6 heteroatoms. The molecule has 0 radical (unpaired) electrons. The van der Waals surface area contributed by atoms with Crippen LogP contribution >= 0.6 is 11.8 Å². The van der Waals surface area contributed by atoms with E-state index in [9.17, 15) is 0 Å². The maximum Gasteiger partial charge on any atom is 0.192 e.